The van der Waals surface area contributed by atoms with Crippen LogP contribution in [0.5, 0.6) is 5.75 Å². The summed E-state index contributed by atoms with van der Waals surface area (Å²) in [5.41, 5.74) is 3.60. The second kappa shape index (κ2) is 7.01. The Morgan fingerprint density at radius 2 is 2.36 bits per heavy atom. The number of pyridine rings is 1. The molecule has 0 radical (unpaired) electrons. The third kappa shape index (κ3) is 3.48. The van der Waals surface area contributed by atoms with E-state index in [0.717, 1.165) is 56.3 Å². The number of aromatic amines is 1. The number of fused-ring (bicyclic) bond motifs is 1. The van der Waals surface area contributed by atoms with E-state index in [1.807, 2.05) is 31.1 Å². The van der Waals surface area contributed by atoms with Gasteiger partial charge in [-0.25, -0.2) is 4.98 Å². The van der Waals surface area contributed by atoms with Crippen LogP contribution in [0, 0.1) is 0 Å². The molecule has 2 aromatic rings. The van der Waals surface area contributed by atoms with Gasteiger partial charge in [-0.05, 0) is 18.6 Å². The van der Waals surface area contributed by atoms with Crippen molar-refractivity contribution in [2.45, 2.75) is 32.1 Å². The van der Waals surface area contributed by atoms with Gasteiger partial charge < -0.3 is 14.4 Å². The van der Waals surface area contributed by atoms with Crippen molar-refractivity contribution in [3.63, 3.8) is 0 Å². The van der Waals surface area contributed by atoms with E-state index < -0.39 is 0 Å². The van der Waals surface area contributed by atoms with E-state index in [9.17, 15) is 0 Å². The molecule has 7 heteroatoms. The molecule has 2 aliphatic rings. The molecule has 0 saturated carbocycles. The summed E-state index contributed by atoms with van der Waals surface area (Å²) in [6, 6.07) is 3.91. The zero-order valence-corrected chi connectivity index (χ0v) is 14.9. The van der Waals surface area contributed by atoms with Gasteiger partial charge in [0.1, 0.15) is 6.10 Å². The van der Waals surface area contributed by atoms with Gasteiger partial charge in [0.15, 0.2) is 11.6 Å². The van der Waals surface area contributed by atoms with Crippen molar-refractivity contribution >= 4 is 5.82 Å². The molecule has 0 aliphatic carbocycles. The lowest BCUT2D eigenvalue weighted by Crippen LogP contribution is -2.26. The smallest absolute Gasteiger partial charge is 0.170 e. The Morgan fingerprint density at radius 1 is 1.44 bits per heavy atom. The van der Waals surface area contributed by atoms with Gasteiger partial charge >= 0.3 is 0 Å². The first-order chi connectivity index (χ1) is 12.2. The molecule has 7 nitrogen and oxygen atoms in total. The zero-order chi connectivity index (χ0) is 17.2. The van der Waals surface area contributed by atoms with Gasteiger partial charge in [-0.3, -0.25) is 10.00 Å². The van der Waals surface area contributed by atoms with Gasteiger partial charge in [0, 0.05) is 57.6 Å². The molecule has 0 bridgehead atoms. The van der Waals surface area contributed by atoms with Crippen LogP contribution in [0.1, 0.15) is 23.4 Å². The third-order valence-electron chi connectivity index (χ3n) is 4.85. The van der Waals surface area contributed by atoms with Crippen LogP contribution >= 0.6 is 0 Å². The lowest BCUT2D eigenvalue weighted by Gasteiger charge is -2.20. The number of anilines is 1. The third-order valence-corrected chi connectivity index (χ3v) is 4.85. The van der Waals surface area contributed by atoms with Crippen LogP contribution in [0.3, 0.4) is 0 Å². The number of rotatable bonds is 5. The highest BCUT2D eigenvalue weighted by Gasteiger charge is 2.27. The van der Waals surface area contributed by atoms with Crippen molar-refractivity contribution in [3.8, 4) is 5.75 Å². The first-order valence-corrected chi connectivity index (χ1v) is 8.85. The molecule has 2 aromatic heterocycles. The van der Waals surface area contributed by atoms with Crippen molar-refractivity contribution in [1.29, 1.82) is 0 Å². The maximum Gasteiger partial charge on any atom is 0.170 e. The minimum absolute atomic E-state index is 0.189. The van der Waals surface area contributed by atoms with Crippen LogP contribution in [-0.2, 0) is 24.3 Å². The van der Waals surface area contributed by atoms with Crippen molar-refractivity contribution in [2.24, 2.45) is 0 Å². The molecular formula is C18H25N5O2. The fourth-order valence-corrected chi connectivity index (χ4v) is 3.54. The van der Waals surface area contributed by atoms with E-state index in [2.05, 4.69) is 20.1 Å². The van der Waals surface area contributed by atoms with Crippen LogP contribution in [0.25, 0.3) is 0 Å². The average molecular weight is 343 g/mol. The second-order valence-corrected chi connectivity index (χ2v) is 6.91. The molecule has 1 saturated heterocycles. The van der Waals surface area contributed by atoms with Gasteiger partial charge in [0.2, 0.25) is 0 Å². The van der Waals surface area contributed by atoms with Gasteiger partial charge in [0.25, 0.3) is 0 Å². The lowest BCUT2D eigenvalue weighted by molar-refractivity contribution is 0.109. The standard InChI is InChI=1S/C18H25N5O2/c1-22(2)18-17(4-3-7-19-18)25-13-5-8-23(10-13)11-16-14-12-24-9-6-15(14)20-21-16/h3-4,7,13H,5-6,8-12H2,1-2H3,(H,20,21). The van der Waals surface area contributed by atoms with E-state index in [1.54, 1.807) is 6.20 Å². The van der Waals surface area contributed by atoms with Crippen LogP contribution in [0.2, 0.25) is 0 Å². The van der Waals surface area contributed by atoms with Crippen LogP contribution < -0.4 is 9.64 Å². The molecule has 1 N–H and O–H groups in total. The molecule has 4 heterocycles. The zero-order valence-electron chi connectivity index (χ0n) is 14.9. The number of nitrogens with zero attached hydrogens (tertiary/aromatic N) is 4. The van der Waals surface area contributed by atoms with Crippen molar-refractivity contribution in [1.82, 2.24) is 20.1 Å². The summed E-state index contributed by atoms with van der Waals surface area (Å²) in [6.07, 6.45) is 3.94. The molecule has 1 fully saturated rings. The summed E-state index contributed by atoms with van der Waals surface area (Å²) in [7, 11) is 3.97. The Hall–Kier alpha value is -2.12. The minimum Gasteiger partial charge on any atom is -0.485 e. The largest absolute Gasteiger partial charge is 0.485 e. The van der Waals surface area contributed by atoms with Crippen molar-refractivity contribution in [3.05, 3.63) is 35.3 Å². The Labute approximate surface area is 147 Å². The highest BCUT2D eigenvalue weighted by atomic mass is 16.5. The van der Waals surface area contributed by atoms with Gasteiger partial charge in [-0.15, -0.1) is 0 Å². The quantitative estimate of drug-likeness (QED) is 0.889. The van der Waals surface area contributed by atoms with E-state index >= 15 is 0 Å². The molecule has 25 heavy (non-hydrogen) atoms. The predicted molar refractivity (Wildman–Crippen MR) is 94.8 cm³/mol. The molecule has 0 aromatic carbocycles. The summed E-state index contributed by atoms with van der Waals surface area (Å²) >= 11 is 0. The number of nitrogens with one attached hydrogen (secondary N) is 1. The average Bonchev–Trinajstić information content (AvgIpc) is 3.23. The first kappa shape index (κ1) is 16.4. The maximum atomic E-state index is 6.23. The molecule has 1 atom stereocenters. The number of ether oxygens (including phenoxy) is 2. The van der Waals surface area contributed by atoms with Gasteiger partial charge in [-0.2, -0.15) is 5.10 Å². The Morgan fingerprint density at radius 3 is 3.24 bits per heavy atom. The topological polar surface area (TPSA) is 66.5 Å². The Bertz CT molecular complexity index is 730. The van der Waals surface area contributed by atoms with E-state index in [1.165, 1.54) is 11.3 Å². The predicted octanol–water partition coefficient (Wildman–Crippen LogP) is 1.60. The molecule has 0 amide bonds. The number of H-pyrrole nitrogens is 1. The summed E-state index contributed by atoms with van der Waals surface area (Å²) in [6.45, 7) is 4.24. The molecule has 1 unspecified atom stereocenters. The highest BCUT2D eigenvalue weighted by molar-refractivity contribution is 5.50. The highest BCUT2D eigenvalue weighted by Crippen LogP contribution is 2.27. The number of aromatic nitrogens is 3. The first-order valence-electron chi connectivity index (χ1n) is 8.85. The summed E-state index contributed by atoms with van der Waals surface area (Å²) in [4.78, 5) is 8.80. The molecule has 0 spiro atoms. The second-order valence-electron chi connectivity index (χ2n) is 6.91. The summed E-state index contributed by atoms with van der Waals surface area (Å²) in [5, 5.41) is 7.67. The monoisotopic (exact) mass is 343 g/mol. The van der Waals surface area contributed by atoms with E-state index in [4.69, 9.17) is 9.47 Å². The van der Waals surface area contributed by atoms with Gasteiger partial charge in [-0.1, -0.05) is 0 Å². The fraction of sp³-hybridized carbons (Fsp3) is 0.556. The molecular weight excluding hydrogens is 318 g/mol. The summed E-state index contributed by atoms with van der Waals surface area (Å²) < 4.78 is 11.8. The number of hydrogen-bond acceptors (Lipinski definition) is 6. The van der Waals surface area contributed by atoms with E-state index in [0.29, 0.717) is 6.61 Å². The normalized spacial score (nSPS) is 20.5. The number of hydrogen-bond donors (Lipinski definition) is 1. The Balaban J connectivity index is 1.38. The van der Waals surface area contributed by atoms with Crippen molar-refractivity contribution < 1.29 is 9.47 Å². The number of likely N-dealkylation sites (tertiary alicyclic amines) is 1. The fourth-order valence-electron chi connectivity index (χ4n) is 3.54. The summed E-state index contributed by atoms with van der Waals surface area (Å²) in [5.74, 6) is 1.73. The Kier molecular flexibility index (Phi) is 4.59. The van der Waals surface area contributed by atoms with Crippen LogP contribution in [-0.4, -0.2) is 60.0 Å². The molecule has 4 rings (SSSR count). The lowest BCUT2D eigenvalue weighted by atomic mass is 10.1. The minimum atomic E-state index is 0.189. The SMILES string of the molecule is CN(C)c1ncccc1OC1CCN(Cc2n[nH]c3c2COCC3)C1. The van der Waals surface area contributed by atoms with Crippen LogP contribution in [0.4, 0.5) is 5.82 Å². The van der Waals surface area contributed by atoms with Gasteiger partial charge in [0.05, 0.1) is 18.9 Å². The van der Waals surface area contributed by atoms with Crippen LogP contribution in [0.15, 0.2) is 18.3 Å². The maximum absolute atomic E-state index is 6.23. The van der Waals surface area contributed by atoms with Crippen molar-refractivity contribution in [2.75, 3.05) is 38.7 Å². The molecule has 134 valence electrons. The molecule has 2 aliphatic heterocycles. The van der Waals surface area contributed by atoms with E-state index in [-0.39, 0.29) is 6.10 Å².